The van der Waals surface area contributed by atoms with Gasteiger partial charge < -0.3 is 44.5 Å². The number of nitrogens with zero attached hydrogens (tertiary/aromatic N) is 1. The summed E-state index contributed by atoms with van der Waals surface area (Å²) in [5, 5.41) is 42.9. The number of furan rings is 3. The van der Waals surface area contributed by atoms with Crippen molar-refractivity contribution in [3.63, 3.8) is 0 Å². The second kappa shape index (κ2) is 17.9. The number of rotatable bonds is 18. The number of carbonyl (C=O) groups is 3. The fourth-order valence-corrected chi connectivity index (χ4v) is 10.2. The minimum Gasteiger partial charge on any atom is -0.481 e. The van der Waals surface area contributed by atoms with Crippen molar-refractivity contribution in [1.82, 2.24) is 20.9 Å². The molecule has 0 radical (unpaired) electrons. The predicted octanol–water partition coefficient (Wildman–Crippen LogP) is 6.69. The number of carboxylic acid groups (broad SMARTS) is 3. The first kappa shape index (κ1) is 40.9. The third-order valence-corrected chi connectivity index (χ3v) is 13.7. The highest BCUT2D eigenvalue weighted by Gasteiger charge is 2.33. The molecular formula is C48H54N4O9. The number of hydrogen-bond donors (Lipinski definition) is 6. The zero-order valence-corrected chi connectivity index (χ0v) is 34.2. The van der Waals surface area contributed by atoms with Crippen LogP contribution in [0.5, 0.6) is 0 Å². The molecule has 3 aliphatic heterocycles. The van der Waals surface area contributed by atoms with Crippen molar-refractivity contribution < 1.29 is 43.0 Å². The monoisotopic (exact) mass is 830 g/mol. The largest absolute Gasteiger partial charge is 0.481 e. The number of carboxylic acids is 3. The lowest BCUT2D eigenvalue weighted by atomic mass is 9.86. The predicted molar refractivity (Wildman–Crippen MR) is 229 cm³/mol. The molecule has 0 amide bonds. The molecule has 0 aliphatic carbocycles. The number of aliphatic carboxylic acids is 3. The van der Waals surface area contributed by atoms with Gasteiger partial charge in [0.05, 0.1) is 36.5 Å². The van der Waals surface area contributed by atoms with E-state index in [9.17, 15) is 29.7 Å². The fraction of sp³-hybridized carbons (Fsp3) is 0.438. The summed E-state index contributed by atoms with van der Waals surface area (Å²) in [5.41, 5.74) is 7.90. The minimum atomic E-state index is -0.771. The van der Waals surface area contributed by atoms with Crippen molar-refractivity contribution in [2.45, 2.75) is 58.2 Å². The van der Waals surface area contributed by atoms with Gasteiger partial charge in [0.1, 0.15) is 16.7 Å². The first-order valence-corrected chi connectivity index (χ1v) is 21.7. The van der Waals surface area contributed by atoms with Gasteiger partial charge in [-0.2, -0.15) is 0 Å². The van der Waals surface area contributed by atoms with E-state index in [1.165, 1.54) is 0 Å². The molecule has 6 heterocycles. The van der Waals surface area contributed by atoms with Gasteiger partial charge in [-0.3, -0.25) is 19.3 Å². The Kier molecular flexibility index (Phi) is 12.0. The maximum Gasteiger partial charge on any atom is 0.307 e. The van der Waals surface area contributed by atoms with Gasteiger partial charge in [0, 0.05) is 52.5 Å². The molecule has 0 bridgehead atoms. The molecule has 13 heteroatoms. The molecule has 6 N–H and O–H groups in total. The smallest absolute Gasteiger partial charge is 0.307 e. The standard InChI is InChI=1S/C48H54N4O9/c53-46(54)40(31-7-10-49-19-31)13-28-1-4-37-34(25-59-43(37)16-28)22-52(23-35-26-60-44-17-29(2-5-38(35)44)14-41(47(55)56)32-8-11-50-20-32)24-36-27-61-45-18-30(3-6-39(36)45)15-42(48(57)58)33-9-12-51-21-33/h1-6,16-18,25-27,31-33,40-42,49-51H,7-15,19-24H2,(H,53,54)(H,55,56)(H,57,58)/t31-,32-,33-,40-,41-,42-/m0/s1. The minimum absolute atomic E-state index is 0.0948. The molecule has 3 saturated heterocycles. The number of fused-ring (bicyclic) bond motifs is 3. The van der Waals surface area contributed by atoms with Gasteiger partial charge in [-0.1, -0.05) is 36.4 Å². The molecular weight excluding hydrogens is 777 g/mol. The summed E-state index contributed by atoms with van der Waals surface area (Å²) in [4.78, 5) is 39.1. The number of benzene rings is 3. The molecule has 320 valence electrons. The Morgan fingerprint density at radius 1 is 0.525 bits per heavy atom. The van der Waals surface area contributed by atoms with Crippen LogP contribution in [0.4, 0.5) is 0 Å². The zero-order valence-electron chi connectivity index (χ0n) is 34.2. The first-order chi connectivity index (χ1) is 29.7. The van der Waals surface area contributed by atoms with Crippen molar-refractivity contribution >= 4 is 50.8 Å². The van der Waals surface area contributed by atoms with Crippen LogP contribution in [0, 0.1) is 35.5 Å². The summed E-state index contributed by atoms with van der Waals surface area (Å²) < 4.78 is 18.5. The van der Waals surface area contributed by atoms with E-state index >= 15 is 0 Å². The van der Waals surface area contributed by atoms with E-state index in [1.807, 2.05) is 54.6 Å². The maximum absolute atomic E-state index is 12.3. The summed E-state index contributed by atoms with van der Waals surface area (Å²) in [7, 11) is 0. The molecule has 0 spiro atoms. The summed E-state index contributed by atoms with van der Waals surface area (Å²) in [6.07, 6.45) is 9.24. The molecule has 6 atom stereocenters. The van der Waals surface area contributed by atoms with E-state index in [2.05, 4.69) is 20.9 Å². The average Bonchev–Trinajstić information content (AvgIpc) is 4.11. The van der Waals surface area contributed by atoms with Crippen LogP contribution in [0.1, 0.15) is 52.6 Å². The molecule has 3 aromatic heterocycles. The van der Waals surface area contributed by atoms with Crippen LogP contribution in [0.3, 0.4) is 0 Å². The van der Waals surface area contributed by atoms with Crippen LogP contribution in [-0.2, 0) is 53.3 Å². The highest BCUT2D eigenvalue weighted by molar-refractivity contribution is 5.84. The highest BCUT2D eigenvalue weighted by Crippen LogP contribution is 2.33. The maximum atomic E-state index is 12.3. The Bertz CT molecular complexity index is 2240. The SMILES string of the molecule is O=C(O)[C@@H](Cc1ccc2c(CN(Cc3coc4cc(C[C@H](C(=O)O)[C@H]5CCNC5)ccc34)Cc3coc4cc(C[C@H](C(=O)O)[C@H]5CCNC5)ccc34)coc2c1)[C@H]1CCNC1. The van der Waals surface area contributed by atoms with Crippen LogP contribution in [0.15, 0.2) is 86.6 Å². The van der Waals surface area contributed by atoms with Crippen LogP contribution in [0.2, 0.25) is 0 Å². The Hall–Kier alpha value is -5.47. The van der Waals surface area contributed by atoms with Gasteiger partial charge in [-0.05, 0) is 130 Å². The third-order valence-electron chi connectivity index (χ3n) is 13.7. The van der Waals surface area contributed by atoms with Gasteiger partial charge in [-0.25, -0.2) is 0 Å². The lowest BCUT2D eigenvalue weighted by Crippen LogP contribution is -2.27. The Morgan fingerprint density at radius 2 is 0.836 bits per heavy atom. The fourth-order valence-electron chi connectivity index (χ4n) is 10.2. The molecule has 6 aromatic rings. The number of hydrogen-bond acceptors (Lipinski definition) is 10. The molecule has 0 saturated carbocycles. The van der Waals surface area contributed by atoms with E-state index in [0.29, 0.717) is 75.3 Å². The van der Waals surface area contributed by atoms with Crippen LogP contribution in [-0.4, -0.2) is 77.4 Å². The van der Waals surface area contributed by atoms with Crippen LogP contribution in [0.25, 0.3) is 32.9 Å². The molecule has 13 nitrogen and oxygen atoms in total. The van der Waals surface area contributed by atoms with Gasteiger partial charge in [0.15, 0.2) is 0 Å². The second-order valence-electron chi connectivity index (χ2n) is 17.6. The Morgan fingerprint density at radius 3 is 1.10 bits per heavy atom. The normalized spacial score (nSPS) is 20.9. The zero-order chi connectivity index (χ0) is 42.0. The van der Waals surface area contributed by atoms with Gasteiger partial charge in [0.25, 0.3) is 0 Å². The topological polar surface area (TPSA) is 191 Å². The summed E-state index contributed by atoms with van der Waals surface area (Å²) >= 11 is 0. The second-order valence-corrected chi connectivity index (χ2v) is 17.6. The van der Waals surface area contributed by atoms with E-state index in [-0.39, 0.29) is 17.8 Å². The summed E-state index contributed by atoms with van der Waals surface area (Å²) in [5.74, 6) is -3.43. The first-order valence-electron chi connectivity index (χ1n) is 21.7. The van der Waals surface area contributed by atoms with Crippen molar-refractivity contribution in [2.24, 2.45) is 35.5 Å². The summed E-state index contributed by atoms with van der Waals surface area (Å²) in [6, 6.07) is 18.1. The average molecular weight is 831 g/mol. The van der Waals surface area contributed by atoms with Crippen molar-refractivity contribution in [3.8, 4) is 0 Å². The molecule has 3 aliphatic rings. The van der Waals surface area contributed by atoms with Gasteiger partial charge in [-0.15, -0.1) is 0 Å². The van der Waals surface area contributed by atoms with Crippen molar-refractivity contribution in [2.75, 3.05) is 39.3 Å². The van der Waals surface area contributed by atoms with Gasteiger partial charge in [0.2, 0.25) is 0 Å². The van der Waals surface area contributed by atoms with E-state index in [1.54, 1.807) is 18.8 Å². The lowest BCUT2D eigenvalue weighted by Gasteiger charge is -2.21. The third kappa shape index (κ3) is 8.97. The molecule has 3 fully saturated rings. The number of nitrogens with one attached hydrogen (secondary N) is 3. The quantitative estimate of drug-likeness (QED) is 0.0538. The van der Waals surface area contributed by atoms with Crippen molar-refractivity contribution in [1.29, 1.82) is 0 Å². The highest BCUT2D eigenvalue weighted by atomic mass is 16.4. The Labute approximate surface area is 353 Å². The van der Waals surface area contributed by atoms with Crippen molar-refractivity contribution in [3.05, 3.63) is 107 Å². The molecule has 0 unspecified atom stereocenters. The van der Waals surface area contributed by atoms with Crippen LogP contribution >= 0.6 is 0 Å². The molecule has 3 aromatic carbocycles. The lowest BCUT2D eigenvalue weighted by molar-refractivity contribution is -0.144. The molecule has 9 rings (SSSR count). The molecule has 61 heavy (non-hydrogen) atoms. The van der Waals surface area contributed by atoms with E-state index in [0.717, 1.165) is 88.4 Å². The van der Waals surface area contributed by atoms with Crippen LogP contribution < -0.4 is 16.0 Å². The van der Waals surface area contributed by atoms with Gasteiger partial charge >= 0.3 is 17.9 Å². The Balaban J connectivity index is 0.981. The summed E-state index contributed by atoms with van der Waals surface area (Å²) in [6.45, 7) is 6.25. The van der Waals surface area contributed by atoms with E-state index < -0.39 is 35.7 Å². The van der Waals surface area contributed by atoms with E-state index in [4.69, 9.17) is 13.3 Å².